The van der Waals surface area contributed by atoms with Crippen LogP contribution in [0.15, 0.2) is 53.4 Å². The fourth-order valence-corrected chi connectivity index (χ4v) is 4.32. The van der Waals surface area contributed by atoms with E-state index in [1.165, 1.54) is 0 Å². The van der Waals surface area contributed by atoms with Crippen molar-refractivity contribution >= 4 is 46.3 Å². The molecule has 3 amide bonds. The number of nitrogens with zero attached hydrogens (tertiary/aromatic N) is 3. The quantitative estimate of drug-likeness (QED) is 0.604. The number of ether oxygens (including phenoxy) is 2. The van der Waals surface area contributed by atoms with Gasteiger partial charge in [-0.05, 0) is 59.8 Å². The first-order chi connectivity index (χ1) is 16.5. The van der Waals surface area contributed by atoms with Gasteiger partial charge in [0.05, 0.1) is 18.1 Å². The average Bonchev–Trinajstić information content (AvgIpc) is 3.12. The van der Waals surface area contributed by atoms with Crippen molar-refractivity contribution in [2.24, 2.45) is 0 Å². The van der Waals surface area contributed by atoms with Crippen LogP contribution in [0.25, 0.3) is 6.08 Å². The van der Waals surface area contributed by atoms with Gasteiger partial charge in [-0.25, -0.2) is 0 Å². The smallest absolute Gasteiger partial charge is 0.294 e. The second-order valence-electron chi connectivity index (χ2n) is 7.48. The van der Waals surface area contributed by atoms with E-state index in [1.807, 2.05) is 18.2 Å². The SMILES string of the molecule is N#CCOc1ccc(/C=C2\SC(=O)N(CC(=O)Nc3ccc(N4CCOCC4)cc3)C2=O)cc1. The molecule has 10 heteroatoms. The molecule has 34 heavy (non-hydrogen) atoms. The Morgan fingerprint density at radius 2 is 1.82 bits per heavy atom. The lowest BCUT2D eigenvalue weighted by Gasteiger charge is -2.28. The Kier molecular flexibility index (Phi) is 7.47. The van der Waals surface area contributed by atoms with E-state index in [4.69, 9.17) is 14.7 Å². The van der Waals surface area contributed by atoms with Crippen molar-refractivity contribution in [1.82, 2.24) is 4.90 Å². The van der Waals surface area contributed by atoms with Gasteiger partial charge in [0.25, 0.3) is 11.1 Å². The Hall–Kier alpha value is -3.81. The second kappa shape index (κ2) is 10.9. The number of carbonyl (C=O) groups is 3. The topological polar surface area (TPSA) is 112 Å². The van der Waals surface area contributed by atoms with Gasteiger partial charge in [0, 0.05) is 24.5 Å². The van der Waals surface area contributed by atoms with Crippen LogP contribution in [0.4, 0.5) is 16.2 Å². The Morgan fingerprint density at radius 1 is 1.12 bits per heavy atom. The fourth-order valence-electron chi connectivity index (χ4n) is 3.48. The number of nitrogens with one attached hydrogen (secondary N) is 1. The molecule has 0 atom stereocenters. The molecule has 2 fully saturated rings. The molecule has 2 heterocycles. The van der Waals surface area contributed by atoms with Crippen LogP contribution in [0.3, 0.4) is 0 Å². The molecule has 0 saturated carbocycles. The number of benzene rings is 2. The van der Waals surface area contributed by atoms with Crippen molar-refractivity contribution in [2.75, 3.05) is 49.7 Å². The molecule has 9 nitrogen and oxygen atoms in total. The second-order valence-corrected chi connectivity index (χ2v) is 8.47. The first-order valence-electron chi connectivity index (χ1n) is 10.6. The molecule has 2 aromatic carbocycles. The van der Waals surface area contributed by atoms with Crippen molar-refractivity contribution in [3.8, 4) is 11.8 Å². The van der Waals surface area contributed by atoms with Gasteiger partial charge in [-0.15, -0.1) is 0 Å². The summed E-state index contributed by atoms with van der Waals surface area (Å²) in [7, 11) is 0. The lowest BCUT2D eigenvalue weighted by atomic mass is 10.2. The molecule has 0 bridgehead atoms. The van der Waals surface area contributed by atoms with Crippen LogP contribution in [-0.4, -0.2) is 61.4 Å². The van der Waals surface area contributed by atoms with Gasteiger partial charge in [-0.2, -0.15) is 5.26 Å². The van der Waals surface area contributed by atoms with Gasteiger partial charge < -0.3 is 19.7 Å². The molecule has 2 aliphatic heterocycles. The highest BCUT2D eigenvalue weighted by Gasteiger charge is 2.36. The summed E-state index contributed by atoms with van der Waals surface area (Å²) in [6, 6.07) is 16.1. The van der Waals surface area contributed by atoms with E-state index < -0.39 is 17.1 Å². The third-order valence-electron chi connectivity index (χ3n) is 5.18. The van der Waals surface area contributed by atoms with Crippen LogP contribution in [0.5, 0.6) is 5.75 Å². The minimum atomic E-state index is -0.516. The van der Waals surface area contributed by atoms with E-state index in [-0.39, 0.29) is 18.1 Å². The molecule has 2 aliphatic rings. The van der Waals surface area contributed by atoms with Crippen LogP contribution in [-0.2, 0) is 14.3 Å². The number of imide groups is 1. The van der Waals surface area contributed by atoms with E-state index in [9.17, 15) is 14.4 Å². The van der Waals surface area contributed by atoms with E-state index in [0.29, 0.717) is 30.2 Å². The molecule has 0 radical (unpaired) electrons. The lowest BCUT2D eigenvalue weighted by Crippen LogP contribution is -2.36. The molecular formula is C24H22N4O5S. The standard InChI is InChI=1S/C24H22N4O5S/c25-9-12-33-20-7-1-17(2-8-20)15-21-23(30)28(24(31)34-21)16-22(29)26-18-3-5-19(6-4-18)27-10-13-32-14-11-27/h1-8,15H,10-14,16H2,(H,26,29)/b21-15-. The number of hydrogen-bond acceptors (Lipinski definition) is 8. The normalized spacial score (nSPS) is 17.1. The van der Waals surface area contributed by atoms with Gasteiger partial charge >= 0.3 is 0 Å². The summed E-state index contributed by atoms with van der Waals surface area (Å²) in [5.41, 5.74) is 2.32. The van der Waals surface area contributed by atoms with Crippen molar-refractivity contribution in [2.45, 2.75) is 0 Å². The first-order valence-corrected chi connectivity index (χ1v) is 11.4. The fraction of sp³-hybridized carbons (Fsp3) is 0.250. The molecule has 0 spiro atoms. The molecule has 0 aromatic heterocycles. The van der Waals surface area contributed by atoms with E-state index in [1.54, 1.807) is 42.5 Å². The number of amides is 3. The maximum absolute atomic E-state index is 12.7. The summed E-state index contributed by atoms with van der Waals surface area (Å²) in [5.74, 6) is -0.444. The minimum Gasteiger partial charge on any atom is -0.479 e. The molecule has 0 unspecified atom stereocenters. The highest BCUT2D eigenvalue weighted by atomic mass is 32.2. The van der Waals surface area contributed by atoms with Gasteiger partial charge in [-0.1, -0.05) is 12.1 Å². The van der Waals surface area contributed by atoms with Gasteiger partial charge in [-0.3, -0.25) is 19.3 Å². The van der Waals surface area contributed by atoms with Crippen molar-refractivity contribution in [3.05, 3.63) is 59.0 Å². The Morgan fingerprint density at radius 3 is 2.50 bits per heavy atom. The summed E-state index contributed by atoms with van der Waals surface area (Å²) in [4.78, 5) is 40.9. The Labute approximate surface area is 200 Å². The van der Waals surface area contributed by atoms with Crippen LogP contribution in [0.2, 0.25) is 0 Å². The molecular weight excluding hydrogens is 456 g/mol. The molecule has 2 saturated heterocycles. The van der Waals surface area contributed by atoms with Crippen LogP contribution in [0, 0.1) is 11.3 Å². The largest absolute Gasteiger partial charge is 0.479 e. The summed E-state index contributed by atoms with van der Waals surface area (Å²) in [6.45, 7) is 2.58. The van der Waals surface area contributed by atoms with Crippen molar-refractivity contribution in [3.63, 3.8) is 0 Å². The maximum Gasteiger partial charge on any atom is 0.294 e. The first kappa shape index (κ1) is 23.4. The van der Waals surface area contributed by atoms with E-state index >= 15 is 0 Å². The van der Waals surface area contributed by atoms with Crippen molar-refractivity contribution in [1.29, 1.82) is 5.26 Å². The predicted molar refractivity (Wildman–Crippen MR) is 128 cm³/mol. The number of morpholine rings is 1. The lowest BCUT2D eigenvalue weighted by molar-refractivity contribution is -0.127. The maximum atomic E-state index is 12.7. The van der Waals surface area contributed by atoms with Gasteiger partial charge in [0.1, 0.15) is 18.4 Å². The van der Waals surface area contributed by atoms with Crippen LogP contribution in [0.1, 0.15) is 5.56 Å². The van der Waals surface area contributed by atoms with E-state index in [0.717, 1.165) is 35.4 Å². The number of carbonyl (C=O) groups excluding carboxylic acids is 3. The number of hydrogen-bond donors (Lipinski definition) is 1. The van der Waals surface area contributed by atoms with Crippen LogP contribution >= 0.6 is 11.8 Å². The Bertz CT molecular complexity index is 1140. The van der Waals surface area contributed by atoms with Gasteiger partial charge in [0.15, 0.2) is 6.61 Å². The minimum absolute atomic E-state index is 0.0572. The van der Waals surface area contributed by atoms with Gasteiger partial charge in [0.2, 0.25) is 5.91 Å². The molecule has 0 aliphatic carbocycles. The number of rotatable bonds is 7. The molecule has 4 rings (SSSR count). The third kappa shape index (κ3) is 5.75. The average molecular weight is 479 g/mol. The summed E-state index contributed by atoms with van der Waals surface area (Å²) < 4.78 is 10.6. The number of thioether (sulfide) groups is 1. The summed E-state index contributed by atoms with van der Waals surface area (Å²) >= 11 is 0.789. The third-order valence-corrected chi connectivity index (χ3v) is 6.09. The predicted octanol–water partition coefficient (Wildman–Crippen LogP) is 3.10. The Balaban J connectivity index is 1.34. The zero-order valence-corrected chi connectivity index (χ0v) is 19.0. The van der Waals surface area contributed by atoms with Crippen molar-refractivity contribution < 1.29 is 23.9 Å². The van der Waals surface area contributed by atoms with E-state index in [2.05, 4.69) is 10.2 Å². The molecule has 174 valence electrons. The zero-order chi connectivity index (χ0) is 23.9. The van der Waals surface area contributed by atoms with Crippen LogP contribution < -0.4 is 15.0 Å². The molecule has 2 aromatic rings. The monoisotopic (exact) mass is 478 g/mol. The highest BCUT2D eigenvalue weighted by molar-refractivity contribution is 8.18. The summed E-state index contributed by atoms with van der Waals surface area (Å²) in [6.07, 6.45) is 1.58. The summed E-state index contributed by atoms with van der Waals surface area (Å²) in [5, 5.41) is 10.8. The number of nitriles is 1. The zero-order valence-electron chi connectivity index (χ0n) is 18.2. The highest BCUT2D eigenvalue weighted by Crippen LogP contribution is 2.32. The number of anilines is 2. The molecule has 1 N–H and O–H groups in total.